The summed E-state index contributed by atoms with van der Waals surface area (Å²) < 4.78 is 0. The minimum absolute atomic E-state index is 0.0737. The lowest BCUT2D eigenvalue weighted by Gasteiger charge is -2.37. The first-order valence-electron chi connectivity index (χ1n) is 12.1. The lowest BCUT2D eigenvalue weighted by atomic mass is 9.68. The third-order valence-corrected chi connectivity index (χ3v) is 6.37. The van der Waals surface area contributed by atoms with Gasteiger partial charge in [-0.15, -0.1) is 15.0 Å². The summed E-state index contributed by atoms with van der Waals surface area (Å²) in [6.45, 7) is 24.7. The first kappa shape index (κ1) is 25.3. The lowest BCUT2D eigenvalue weighted by Crippen LogP contribution is -2.28. The Hall–Kier alpha value is -2.36. The fraction of sp³-hybridized carbons (Fsp3) is 0.586. The first-order valence-corrected chi connectivity index (χ1v) is 12.1. The van der Waals surface area contributed by atoms with Crippen LogP contribution in [0.4, 0.5) is 0 Å². The van der Waals surface area contributed by atoms with Crippen molar-refractivity contribution in [2.75, 3.05) is 0 Å². The van der Waals surface area contributed by atoms with Crippen molar-refractivity contribution in [3.8, 4) is 11.4 Å². The summed E-state index contributed by atoms with van der Waals surface area (Å²) in [6, 6.07) is 10.3. The number of benzene rings is 2. The Bertz CT molecular complexity index is 1150. The van der Waals surface area contributed by atoms with Crippen molar-refractivity contribution < 1.29 is 5.11 Å². The molecule has 2 aromatic carbocycles. The van der Waals surface area contributed by atoms with Crippen molar-refractivity contribution in [2.45, 2.75) is 99.8 Å². The molecule has 0 radical (unpaired) electrons. The summed E-state index contributed by atoms with van der Waals surface area (Å²) in [5.74, 6) is 0.275. The molecular formula is C29H43N3O. The summed E-state index contributed by atoms with van der Waals surface area (Å²) in [7, 11) is 0. The maximum Gasteiger partial charge on any atom is 0.146 e. The highest BCUT2D eigenvalue weighted by Gasteiger charge is 2.35. The van der Waals surface area contributed by atoms with E-state index in [1.807, 2.05) is 25.1 Å². The quantitative estimate of drug-likeness (QED) is 0.431. The van der Waals surface area contributed by atoms with Crippen LogP contribution in [-0.2, 0) is 10.8 Å². The highest BCUT2D eigenvalue weighted by molar-refractivity contribution is 5.77. The Morgan fingerprint density at radius 1 is 0.788 bits per heavy atom. The summed E-state index contributed by atoms with van der Waals surface area (Å²) in [5, 5.41) is 21.1. The van der Waals surface area contributed by atoms with E-state index in [4.69, 9.17) is 10.2 Å². The van der Waals surface area contributed by atoms with E-state index in [1.54, 1.807) is 4.80 Å². The number of fused-ring (bicyclic) bond motifs is 1. The average molecular weight is 450 g/mol. The van der Waals surface area contributed by atoms with Crippen molar-refractivity contribution in [1.82, 2.24) is 15.0 Å². The van der Waals surface area contributed by atoms with Crippen LogP contribution in [-0.4, -0.2) is 20.1 Å². The van der Waals surface area contributed by atoms with Crippen LogP contribution in [0.1, 0.15) is 98.8 Å². The number of rotatable bonds is 5. The zero-order valence-electron chi connectivity index (χ0n) is 22.6. The third kappa shape index (κ3) is 5.59. The van der Waals surface area contributed by atoms with Crippen molar-refractivity contribution >= 4 is 11.0 Å². The fourth-order valence-electron chi connectivity index (χ4n) is 5.71. The normalized spacial score (nSPS) is 13.7. The van der Waals surface area contributed by atoms with Gasteiger partial charge >= 0.3 is 0 Å². The topological polar surface area (TPSA) is 50.9 Å². The SMILES string of the molecule is Cc1cccc2nn(-c3cc(C(C)(C)CC(C)(C)C)cc(C(C)(C)CC(C)(C)C)c3O)nc12. The molecule has 4 heteroatoms. The van der Waals surface area contributed by atoms with E-state index in [0.29, 0.717) is 5.69 Å². The molecule has 0 aliphatic heterocycles. The molecule has 0 atom stereocenters. The van der Waals surface area contributed by atoms with E-state index in [-0.39, 0.29) is 27.4 Å². The maximum absolute atomic E-state index is 11.6. The second kappa shape index (κ2) is 8.14. The Morgan fingerprint density at radius 3 is 1.91 bits per heavy atom. The predicted octanol–water partition coefficient (Wildman–Crippen LogP) is 7.86. The molecule has 1 aromatic heterocycles. The molecule has 3 rings (SSSR count). The van der Waals surface area contributed by atoms with E-state index >= 15 is 0 Å². The van der Waals surface area contributed by atoms with Crippen molar-refractivity contribution in [3.05, 3.63) is 47.0 Å². The van der Waals surface area contributed by atoms with Crippen LogP contribution in [0.15, 0.2) is 30.3 Å². The van der Waals surface area contributed by atoms with Crippen LogP contribution < -0.4 is 0 Å². The molecule has 180 valence electrons. The molecule has 0 saturated heterocycles. The van der Waals surface area contributed by atoms with Gasteiger partial charge in [0.05, 0.1) is 0 Å². The van der Waals surface area contributed by atoms with Gasteiger partial charge in [-0.2, -0.15) is 0 Å². The van der Waals surface area contributed by atoms with Gasteiger partial charge in [0.15, 0.2) is 0 Å². The standard InChI is InChI=1S/C29H43N3O/c1-19-13-12-14-22-24(19)31-32(30-22)23-16-20(28(8,9)17-26(2,3)4)15-21(25(23)33)29(10,11)18-27(5,6)7/h12-16,33H,17-18H2,1-11H3. The highest BCUT2D eigenvalue weighted by Crippen LogP contribution is 2.45. The zero-order chi connectivity index (χ0) is 25.0. The number of phenols is 1. The monoisotopic (exact) mass is 449 g/mol. The summed E-state index contributed by atoms with van der Waals surface area (Å²) in [6.07, 6.45) is 1.97. The van der Waals surface area contributed by atoms with Crippen LogP contribution in [0, 0.1) is 17.8 Å². The number of aromatic nitrogens is 3. The summed E-state index contributed by atoms with van der Waals surface area (Å²) in [4.78, 5) is 1.63. The van der Waals surface area contributed by atoms with Gasteiger partial charge in [0.1, 0.15) is 22.5 Å². The van der Waals surface area contributed by atoms with Crippen LogP contribution in [0.5, 0.6) is 5.75 Å². The molecule has 0 amide bonds. The smallest absolute Gasteiger partial charge is 0.146 e. The van der Waals surface area contributed by atoms with Crippen LogP contribution >= 0.6 is 0 Å². The van der Waals surface area contributed by atoms with Crippen molar-refractivity contribution in [1.29, 1.82) is 0 Å². The van der Waals surface area contributed by atoms with Gasteiger partial charge in [-0.25, -0.2) is 0 Å². The van der Waals surface area contributed by atoms with Gasteiger partial charge < -0.3 is 5.11 Å². The average Bonchev–Trinajstić information content (AvgIpc) is 3.02. The van der Waals surface area contributed by atoms with Crippen molar-refractivity contribution in [3.63, 3.8) is 0 Å². The van der Waals surface area contributed by atoms with Gasteiger partial charge in [0, 0.05) is 5.56 Å². The molecule has 0 bridgehead atoms. The number of hydrogen-bond acceptors (Lipinski definition) is 3. The molecule has 0 spiro atoms. The molecular weight excluding hydrogens is 406 g/mol. The van der Waals surface area contributed by atoms with E-state index in [9.17, 15) is 5.11 Å². The van der Waals surface area contributed by atoms with Gasteiger partial charge in [0.2, 0.25) is 0 Å². The Kier molecular flexibility index (Phi) is 6.23. The molecule has 4 nitrogen and oxygen atoms in total. The Labute approximate surface area is 200 Å². The van der Waals surface area contributed by atoms with Crippen LogP contribution in [0.2, 0.25) is 0 Å². The molecule has 1 heterocycles. The summed E-state index contributed by atoms with van der Waals surface area (Å²) >= 11 is 0. The number of hydrogen-bond donors (Lipinski definition) is 1. The minimum Gasteiger partial charge on any atom is -0.505 e. The zero-order valence-corrected chi connectivity index (χ0v) is 22.6. The van der Waals surface area contributed by atoms with Crippen molar-refractivity contribution in [2.24, 2.45) is 10.8 Å². The molecule has 0 aliphatic rings. The number of phenolic OH excluding ortho intramolecular Hbond substituents is 1. The second-order valence-electron chi connectivity index (χ2n) is 13.6. The van der Waals surface area contributed by atoms with E-state index in [0.717, 1.165) is 35.0 Å². The largest absolute Gasteiger partial charge is 0.505 e. The first-order chi connectivity index (χ1) is 14.9. The number of aromatic hydroxyl groups is 1. The maximum atomic E-state index is 11.6. The van der Waals surface area contributed by atoms with Crippen LogP contribution in [0.25, 0.3) is 16.7 Å². The van der Waals surface area contributed by atoms with Crippen LogP contribution in [0.3, 0.4) is 0 Å². The van der Waals surface area contributed by atoms with E-state index < -0.39 is 0 Å². The second-order valence-corrected chi connectivity index (χ2v) is 13.6. The van der Waals surface area contributed by atoms with Gasteiger partial charge in [0.25, 0.3) is 0 Å². The molecule has 0 saturated carbocycles. The Morgan fingerprint density at radius 2 is 1.36 bits per heavy atom. The Balaban J connectivity index is 2.28. The number of aryl methyl sites for hydroxylation is 1. The predicted molar refractivity (Wildman–Crippen MR) is 139 cm³/mol. The molecule has 3 aromatic rings. The summed E-state index contributed by atoms with van der Waals surface area (Å²) in [5.41, 5.74) is 5.63. The number of nitrogens with zero attached hydrogens (tertiary/aromatic N) is 3. The van der Waals surface area contributed by atoms with Gasteiger partial charge in [-0.1, -0.05) is 87.4 Å². The minimum atomic E-state index is -0.215. The molecule has 0 aliphatic carbocycles. The molecule has 1 N–H and O–H groups in total. The molecule has 0 fully saturated rings. The molecule has 33 heavy (non-hydrogen) atoms. The van der Waals surface area contributed by atoms with E-state index in [1.165, 1.54) is 5.56 Å². The molecule has 0 unspecified atom stereocenters. The van der Waals surface area contributed by atoms with E-state index in [2.05, 4.69) is 81.4 Å². The van der Waals surface area contributed by atoms with Gasteiger partial charge in [-0.3, -0.25) is 0 Å². The van der Waals surface area contributed by atoms with Gasteiger partial charge in [-0.05, 0) is 64.7 Å². The third-order valence-electron chi connectivity index (χ3n) is 6.37. The highest BCUT2D eigenvalue weighted by atomic mass is 16.3. The fourth-order valence-corrected chi connectivity index (χ4v) is 5.71. The lowest BCUT2D eigenvalue weighted by molar-refractivity contribution is 0.274.